The fourth-order valence-corrected chi connectivity index (χ4v) is 6.36. The van der Waals surface area contributed by atoms with Gasteiger partial charge in [-0.1, -0.05) is 25.7 Å². The molecule has 4 aliphatic rings. The van der Waals surface area contributed by atoms with Crippen LogP contribution in [0.15, 0.2) is 0 Å². The Balaban J connectivity index is 0.00000196. The van der Waals surface area contributed by atoms with E-state index >= 15 is 0 Å². The molecule has 4 rings (SSSR count). The first-order valence-electron chi connectivity index (χ1n) is 10.9. The average molecular weight is 430 g/mol. The quantitative estimate of drug-likeness (QED) is 0.520. The minimum absolute atomic E-state index is 0. The normalized spacial score (nSPS) is 29.8. The van der Waals surface area contributed by atoms with Crippen molar-refractivity contribution in [2.24, 2.45) is 11.8 Å². The van der Waals surface area contributed by atoms with Gasteiger partial charge in [0.05, 0.1) is 19.6 Å². The van der Waals surface area contributed by atoms with E-state index in [9.17, 15) is 9.90 Å². The van der Waals surface area contributed by atoms with Gasteiger partial charge in [0.1, 0.15) is 6.54 Å². The third-order valence-corrected chi connectivity index (χ3v) is 7.84. The van der Waals surface area contributed by atoms with Crippen LogP contribution in [-0.2, 0) is 9.53 Å². The predicted molar refractivity (Wildman–Crippen MR) is 96.9 cm³/mol. The maximum absolute atomic E-state index is 13.2. The van der Waals surface area contributed by atoms with E-state index in [1.54, 1.807) is 0 Å². The number of quaternary nitrogens is 1. The summed E-state index contributed by atoms with van der Waals surface area (Å²) < 4.78 is 7.18. The summed E-state index contributed by atoms with van der Waals surface area (Å²) >= 11 is 0. The number of carbonyl (C=O) groups is 1. The van der Waals surface area contributed by atoms with Gasteiger partial charge in [0.25, 0.3) is 0 Å². The van der Waals surface area contributed by atoms with Crippen LogP contribution in [0, 0.1) is 11.8 Å². The van der Waals surface area contributed by atoms with Crippen molar-refractivity contribution in [3.8, 4) is 0 Å². The first kappa shape index (κ1) is 20.6. The number of nitrogens with zero attached hydrogens (tertiary/aromatic N) is 1. The number of hydrogen-bond acceptors (Lipinski definition) is 3. The number of ether oxygens (including phenoxy) is 1. The molecule has 2 saturated heterocycles. The minimum Gasteiger partial charge on any atom is -1.00 e. The molecule has 5 heteroatoms. The Morgan fingerprint density at radius 2 is 1.35 bits per heavy atom. The maximum atomic E-state index is 13.2. The van der Waals surface area contributed by atoms with Crippen LogP contribution in [0.1, 0.15) is 77.0 Å². The largest absolute Gasteiger partial charge is 1.00 e. The molecule has 1 atom stereocenters. The van der Waals surface area contributed by atoms with Crippen molar-refractivity contribution in [1.82, 2.24) is 0 Å². The number of aliphatic hydroxyl groups is 1. The fourth-order valence-electron chi connectivity index (χ4n) is 6.36. The molecule has 1 unspecified atom stereocenters. The standard InChI is InChI=1S/C21H36NO3.BrH/c23-20(25-19-12-15-22(16-19)13-6-1-7-14-22)21(24,17-8-2-3-9-17)18-10-4-5-11-18;/h17-19,24H,1-16H2;1H/q+1;/p-1. The zero-order valence-electron chi connectivity index (χ0n) is 16.1. The molecule has 0 radical (unpaired) electrons. The van der Waals surface area contributed by atoms with Gasteiger partial charge >= 0.3 is 5.97 Å². The summed E-state index contributed by atoms with van der Waals surface area (Å²) in [5.41, 5.74) is -1.21. The smallest absolute Gasteiger partial charge is 0.339 e. The molecule has 150 valence electrons. The Morgan fingerprint density at radius 3 is 1.88 bits per heavy atom. The zero-order chi connectivity index (χ0) is 17.3. The van der Waals surface area contributed by atoms with E-state index in [0.717, 1.165) is 75.4 Å². The third kappa shape index (κ3) is 3.86. The molecule has 26 heavy (non-hydrogen) atoms. The lowest BCUT2D eigenvalue weighted by Gasteiger charge is -2.39. The van der Waals surface area contributed by atoms with Crippen LogP contribution < -0.4 is 17.0 Å². The number of hydrogen-bond donors (Lipinski definition) is 1. The second-order valence-corrected chi connectivity index (χ2v) is 9.36. The molecule has 0 bridgehead atoms. The van der Waals surface area contributed by atoms with Crippen LogP contribution in [-0.4, -0.2) is 53.4 Å². The van der Waals surface area contributed by atoms with E-state index in [2.05, 4.69) is 0 Å². The van der Waals surface area contributed by atoms with Crippen molar-refractivity contribution in [2.45, 2.75) is 88.8 Å². The van der Waals surface area contributed by atoms with Crippen LogP contribution in [0.5, 0.6) is 0 Å². The van der Waals surface area contributed by atoms with Gasteiger partial charge in [-0.05, 0) is 56.8 Å². The first-order chi connectivity index (χ1) is 12.1. The van der Waals surface area contributed by atoms with Crippen molar-refractivity contribution < 1.29 is 36.1 Å². The molecule has 2 aliphatic carbocycles. The number of halogens is 1. The highest BCUT2D eigenvalue weighted by atomic mass is 79.9. The summed E-state index contributed by atoms with van der Waals surface area (Å²) in [6.45, 7) is 4.65. The Morgan fingerprint density at radius 1 is 0.808 bits per heavy atom. The Bertz CT molecular complexity index is 464. The lowest BCUT2D eigenvalue weighted by atomic mass is 9.75. The highest BCUT2D eigenvalue weighted by Gasteiger charge is 2.53. The lowest BCUT2D eigenvalue weighted by molar-refractivity contribution is -0.922. The van der Waals surface area contributed by atoms with Crippen LogP contribution in [0.4, 0.5) is 0 Å². The van der Waals surface area contributed by atoms with E-state index in [0.29, 0.717) is 0 Å². The molecule has 2 aliphatic heterocycles. The zero-order valence-corrected chi connectivity index (χ0v) is 17.7. The average Bonchev–Trinajstić information content (AvgIpc) is 3.38. The Labute approximate surface area is 169 Å². The summed E-state index contributed by atoms with van der Waals surface area (Å²) in [7, 11) is 0. The molecule has 0 aromatic heterocycles. The number of carbonyl (C=O) groups excluding carboxylic acids is 1. The second-order valence-electron chi connectivity index (χ2n) is 9.36. The predicted octanol–water partition coefficient (Wildman–Crippen LogP) is 0.418. The Hall–Kier alpha value is -0.130. The molecule has 1 N–H and O–H groups in total. The van der Waals surface area contributed by atoms with E-state index in [4.69, 9.17) is 4.74 Å². The van der Waals surface area contributed by atoms with Crippen LogP contribution >= 0.6 is 0 Å². The maximum Gasteiger partial charge on any atom is 0.339 e. The molecule has 1 spiro atoms. The Kier molecular flexibility index (Phi) is 6.72. The van der Waals surface area contributed by atoms with E-state index in [-0.39, 0.29) is 40.9 Å². The lowest BCUT2D eigenvalue weighted by Crippen LogP contribution is -3.00. The van der Waals surface area contributed by atoms with Gasteiger partial charge in [-0.25, -0.2) is 4.79 Å². The second kappa shape index (κ2) is 8.48. The highest BCUT2D eigenvalue weighted by Crippen LogP contribution is 2.45. The van der Waals surface area contributed by atoms with Crippen LogP contribution in [0.3, 0.4) is 0 Å². The van der Waals surface area contributed by atoms with Gasteiger partial charge < -0.3 is 31.3 Å². The molecule has 2 saturated carbocycles. The van der Waals surface area contributed by atoms with Gasteiger partial charge in [0.2, 0.25) is 0 Å². The number of esters is 1. The summed E-state index contributed by atoms with van der Waals surface area (Å²) in [6, 6.07) is 0. The third-order valence-electron chi connectivity index (χ3n) is 7.84. The fraction of sp³-hybridized carbons (Fsp3) is 0.952. The molecule has 0 aromatic rings. The minimum atomic E-state index is -1.21. The van der Waals surface area contributed by atoms with Crippen LogP contribution in [0.25, 0.3) is 0 Å². The summed E-state index contributed by atoms with van der Waals surface area (Å²) in [4.78, 5) is 13.2. The molecule has 0 amide bonds. The summed E-state index contributed by atoms with van der Waals surface area (Å²) in [5.74, 6) is -0.0152. The van der Waals surface area contributed by atoms with Crippen molar-refractivity contribution in [1.29, 1.82) is 0 Å². The van der Waals surface area contributed by atoms with Gasteiger partial charge in [0, 0.05) is 6.42 Å². The summed E-state index contributed by atoms with van der Waals surface area (Å²) in [6.07, 6.45) is 13.6. The number of rotatable bonds is 4. The van der Waals surface area contributed by atoms with Gasteiger partial charge in [-0.3, -0.25) is 0 Å². The summed E-state index contributed by atoms with van der Waals surface area (Å²) in [5, 5.41) is 11.6. The van der Waals surface area contributed by atoms with Crippen molar-refractivity contribution in [2.75, 3.05) is 26.2 Å². The first-order valence-corrected chi connectivity index (χ1v) is 10.9. The van der Waals surface area contributed by atoms with E-state index in [1.807, 2.05) is 0 Å². The van der Waals surface area contributed by atoms with Gasteiger partial charge in [0.15, 0.2) is 11.7 Å². The molecule has 4 fully saturated rings. The number of piperidine rings is 1. The topological polar surface area (TPSA) is 46.5 Å². The molecule has 0 aromatic carbocycles. The van der Waals surface area contributed by atoms with E-state index < -0.39 is 5.60 Å². The molecule has 2 heterocycles. The van der Waals surface area contributed by atoms with Crippen molar-refractivity contribution in [3.63, 3.8) is 0 Å². The van der Waals surface area contributed by atoms with Crippen LogP contribution in [0.2, 0.25) is 0 Å². The van der Waals surface area contributed by atoms with Gasteiger partial charge in [-0.2, -0.15) is 0 Å². The van der Waals surface area contributed by atoms with Crippen molar-refractivity contribution in [3.05, 3.63) is 0 Å². The van der Waals surface area contributed by atoms with Gasteiger partial charge in [-0.15, -0.1) is 0 Å². The molecular formula is C21H36BrNO3. The molecular weight excluding hydrogens is 394 g/mol. The van der Waals surface area contributed by atoms with E-state index in [1.165, 1.54) is 32.4 Å². The highest BCUT2D eigenvalue weighted by molar-refractivity contribution is 5.80. The van der Waals surface area contributed by atoms with Crippen molar-refractivity contribution >= 4 is 5.97 Å². The SMILES string of the molecule is O=C(OC1CC[N+]2(CCCCC2)C1)C(O)(C1CCCC1)C1CCCC1.[Br-]. The monoisotopic (exact) mass is 429 g/mol. The molecule has 4 nitrogen and oxygen atoms in total.